The van der Waals surface area contributed by atoms with E-state index in [0.29, 0.717) is 11.7 Å². The molecule has 0 aliphatic heterocycles. The summed E-state index contributed by atoms with van der Waals surface area (Å²) in [4.78, 5) is 11.4. The monoisotopic (exact) mass is 206 g/mol. The van der Waals surface area contributed by atoms with Gasteiger partial charge in [-0.25, -0.2) is 0 Å². The molecule has 0 unspecified atom stereocenters. The molecule has 0 spiro atoms. The lowest BCUT2D eigenvalue weighted by molar-refractivity contribution is -0.137. The number of rotatable bonds is 3. The van der Waals surface area contributed by atoms with Crippen LogP contribution in [0.25, 0.3) is 0 Å². The molecule has 0 bridgehead atoms. The zero-order chi connectivity index (χ0) is 11.4. The standard InChI is InChI=1S/C13H18O2/c1-9(2)11-6-5-7-12(8-11)15-13(14)10(3)4/h5-10H,1-4H3. The molecule has 0 atom stereocenters. The first kappa shape index (κ1) is 11.8. The molecule has 0 N–H and O–H groups in total. The molecule has 0 heterocycles. The third kappa shape index (κ3) is 3.39. The highest BCUT2D eigenvalue weighted by atomic mass is 16.5. The maximum absolute atomic E-state index is 11.4. The third-order valence-corrected chi connectivity index (χ3v) is 2.21. The fourth-order valence-electron chi connectivity index (χ4n) is 1.17. The fourth-order valence-corrected chi connectivity index (χ4v) is 1.17. The lowest BCUT2D eigenvalue weighted by Crippen LogP contribution is -2.14. The zero-order valence-corrected chi connectivity index (χ0v) is 9.78. The van der Waals surface area contributed by atoms with Gasteiger partial charge in [0.15, 0.2) is 0 Å². The van der Waals surface area contributed by atoms with Crippen LogP contribution in [0.15, 0.2) is 24.3 Å². The van der Waals surface area contributed by atoms with Gasteiger partial charge >= 0.3 is 5.97 Å². The van der Waals surface area contributed by atoms with Crippen molar-refractivity contribution in [2.75, 3.05) is 0 Å². The number of esters is 1. The fraction of sp³-hybridized carbons (Fsp3) is 0.462. The molecule has 0 saturated heterocycles. The molecule has 0 aromatic heterocycles. The van der Waals surface area contributed by atoms with Crippen molar-refractivity contribution >= 4 is 5.97 Å². The van der Waals surface area contributed by atoms with E-state index in [-0.39, 0.29) is 11.9 Å². The van der Waals surface area contributed by atoms with Gasteiger partial charge in [0.25, 0.3) is 0 Å². The summed E-state index contributed by atoms with van der Waals surface area (Å²) in [5, 5.41) is 0. The van der Waals surface area contributed by atoms with Crippen LogP contribution in [0.5, 0.6) is 5.75 Å². The predicted octanol–water partition coefficient (Wildman–Crippen LogP) is 3.37. The second-order valence-corrected chi connectivity index (χ2v) is 4.30. The van der Waals surface area contributed by atoms with Crippen molar-refractivity contribution in [1.29, 1.82) is 0 Å². The van der Waals surface area contributed by atoms with Crippen molar-refractivity contribution in [1.82, 2.24) is 0 Å². The van der Waals surface area contributed by atoms with Crippen LogP contribution in [0.2, 0.25) is 0 Å². The van der Waals surface area contributed by atoms with E-state index in [1.165, 1.54) is 5.56 Å². The lowest BCUT2D eigenvalue weighted by Gasteiger charge is -2.09. The molecule has 0 saturated carbocycles. The number of hydrogen-bond donors (Lipinski definition) is 0. The molecule has 0 fully saturated rings. The summed E-state index contributed by atoms with van der Waals surface area (Å²) < 4.78 is 5.23. The van der Waals surface area contributed by atoms with Gasteiger partial charge in [0, 0.05) is 0 Å². The third-order valence-electron chi connectivity index (χ3n) is 2.21. The van der Waals surface area contributed by atoms with E-state index in [0.717, 1.165) is 0 Å². The molecule has 1 aromatic rings. The van der Waals surface area contributed by atoms with E-state index < -0.39 is 0 Å². The molecule has 0 amide bonds. The predicted molar refractivity (Wildman–Crippen MR) is 61.0 cm³/mol. The van der Waals surface area contributed by atoms with Gasteiger partial charge in [0.05, 0.1) is 5.92 Å². The second-order valence-electron chi connectivity index (χ2n) is 4.30. The van der Waals surface area contributed by atoms with Crippen molar-refractivity contribution < 1.29 is 9.53 Å². The van der Waals surface area contributed by atoms with Crippen molar-refractivity contribution in [2.24, 2.45) is 5.92 Å². The molecule has 82 valence electrons. The van der Waals surface area contributed by atoms with Crippen LogP contribution in [0.4, 0.5) is 0 Å². The number of benzene rings is 1. The molecule has 0 aliphatic carbocycles. The Kier molecular flexibility index (Phi) is 3.89. The Labute approximate surface area is 91.3 Å². The van der Waals surface area contributed by atoms with Gasteiger partial charge in [0.2, 0.25) is 0 Å². The molecule has 0 radical (unpaired) electrons. The van der Waals surface area contributed by atoms with E-state index in [9.17, 15) is 4.79 Å². The molecular weight excluding hydrogens is 188 g/mol. The van der Waals surface area contributed by atoms with E-state index in [2.05, 4.69) is 13.8 Å². The summed E-state index contributed by atoms with van der Waals surface area (Å²) in [6, 6.07) is 7.69. The first-order chi connectivity index (χ1) is 7.00. The summed E-state index contributed by atoms with van der Waals surface area (Å²) >= 11 is 0. The molecule has 2 heteroatoms. The lowest BCUT2D eigenvalue weighted by atomic mass is 10.0. The van der Waals surface area contributed by atoms with Crippen LogP contribution in [-0.4, -0.2) is 5.97 Å². The molecule has 0 aliphatic rings. The number of ether oxygens (including phenoxy) is 1. The highest BCUT2D eigenvalue weighted by Crippen LogP contribution is 2.20. The van der Waals surface area contributed by atoms with Crippen LogP contribution >= 0.6 is 0 Å². The average molecular weight is 206 g/mol. The Bertz CT molecular complexity index is 340. The summed E-state index contributed by atoms with van der Waals surface area (Å²) in [6.07, 6.45) is 0. The SMILES string of the molecule is CC(C)C(=O)Oc1cccc(C(C)C)c1. The number of carbonyl (C=O) groups is 1. The number of hydrogen-bond acceptors (Lipinski definition) is 2. The maximum Gasteiger partial charge on any atom is 0.313 e. The topological polar surface area (TPSA) is 26.3 Å². The largest absolute Gasteiger partial charge is 0.426 e. The van der Waals surface area contributed by atoms with Crippen LogP contribution in [0.1, 0.15) is 39.2 Å². The van der Waals surface area contributed by atoms with E-state index in [1.807, 2.05) is 38.1 Å². The first-order valence-electron chi connectivity index (χ1n) is 5.32. The molecular formula is C13H18O2. The van der Waals surface area contributed by atoms with Crippen molar-refractivity contribution in [3.63, 3.8) is 0 Å². The molecule has 2 nitrogen and oxygen atoms in total. The smallest absolute Gasteiger partial charge is 0.313 e. The van der Waals surface area contributed by atoms with E-state index >= 15 is 0 Å². The van der Waals surface area contributed by atoms with Gasteiger partial charge in [-0.15, -0.1) is 0 Å². The minimum atomic E-state index is -0.184. The summed E-state index contributed by atoms with van der Waals surface area (Å²) in [6.45, 7) is 7.88. The highest BCUT2D eigenvalue weighted by molar-refractivity contribution is 5.74. The summed E-state index contributed by atoms with van der Waals surface area (Å²) in [5.41, 5.74) is 1.18. The van der Waals surface area contributed by atoms with E-state index in [4.69, 9.17) is 4.74 Å². The van der Waals surface area contributed by atoms with Gasteiger partial charge in [-0.05, 0) is 23.6 Å². The van der Waals surface area contributed by atoms with Gasteiger partial charge in [-0.1, -0.05) is 39.8 Å². The van der Waals surface area contributed by atoms with Crippen LogP contribution in [0, 0.1) is 5.92 Å². The Balaban J connectivity index is 2.78. The molecule has 1 aromatic carbocycles. The van der Waals surface area contributed by atoms with Gasteiger partial charge in [-0.3, -0.25) is 4.79 Å². The summed E-state index contributed by atoms with van der Waals surface area (Å²) in [5.74, 6) is 0.811. The van der Waals surface area contributed by atoms with Gasteiger partial charge < -0.3 is 4.74 Å². The Morgan fingerprint density at radius 3 is 2.40 bits per heavy atom. The quantitative estimate of drug-likeness (QED) is 0.560. The van der Waals surface area contributed by atoms with Crippen molar-refractivity contribution in [3.8, 4) is 5.75 Å². The zero-order valence-electron chi connectivity index (χ0n) is 9.78. The summed E-state index contributed by atoms with van der Waals surface area (Å²) in [7, 11) is 0. The van der Waals surface area contributed by atoms with Gasteiger partial charge in [0.1, 0.15) is 5.75 Å². The minimum absolute atomic E-state index is 0.0901. The average Bonchev–Trinajstić information content (AvgIpc) is 2.18. The Hall–Kier alpha value is -1.31. The van der Waals surface area contributed by atoms with Crippen LogP contribution < -0.4 is 4.74 Å². The minimum Gasteiger partial charge on any atom is -0.426 e. The first-order valence-corrected chi connectivity index (χ1v) is 5.32. The number of carbonyl (C=O) groups excluding carboxylic acids is 1. The Morgan fingerprint density at radius 2 is 1.87 bits per heavy atom. The van der Waals surface area contributed by atoms with Crippen LogP contribution in [0.3, 0.4) is 0 Å². The second kappa shape index (κ2) is 4.96. The van der Waals surface area contributed by atoms with Crippen molar-refractivity contribution in [3.05, 3.63) is 29.8 Å². The van der Waals surface area contributed by atoms with Crippen LogP contribution in [-0.2, 0) is 4.79 Å². The van der Waals surface area contributed by atoms with Gasteiger partial charge in [-0.2, -0.15) is 0 Å². The van der Waals surface area contributed by atoms with E-state index in [1.54, 1.807) is 0 Å². The molecule has 1 rings (SSSR count). The normalized spacial score (nSPS) is 10.8. The Morgan fingerprint density at radius 1 is 1.20 bits per heavy atom. The molecule has 15 heavy (non-hydrogen) atoms. The van der Waals surface area contributed by atoms with Crippen molar-refractivity contribution in [2.45, 2.75) is 33.6 Å². The maximum atomic E-state index is 11.4. The highest BCUT2D eigenvalue weighted by Gasteiger charge is 2.10.